The first-order chi connectivity index (χ1) is 7.77. The molecule has 1 unspecified atom stereocenters. The zero-order valence-corrected chi connectivity index (χ0v) is 10.3. The van der Waals surface area contributed by atoms with Crippen LogP contribution in [0.4, 0.5) is 0 Å². The van der Waals surface area contributed by atoms with Crippen molar-refractivity contribution in [2.24, 2.45) is 0 Å². The molecular weight excluding hydrogens is 220 g/mol. The molecule has 1 N–H and O–H groups in total. The number of hydrogen-bond donors (Lipinski definition) is 1. The number of nitrogens with one attached hydrogen (secondary N) is 1. The standard InChI is InChI=1S/C13H17ClN2/c1-2-3-4-9-16-13(10-15)11-5-7-12(14)8-6-11/h5-8,13,16H,2-4,9H2,1H3. The van der Waals surface area contributed by atoms with Gasteiger partial charge in [0.1, 0.15) is 6.04 Å². The maximum absolute atomic E-state index is 9.06. The molecule has 0 aliphatic rings. The Morgan fingerprint density at radius 3 is 2.56 bits per heavy atom. The van der Waals surface area contributed by atoms with Crippen LogP contribution in [0.3, 0.4) is 0 Å². The normalized spacial score (nSPS) is 12.1. The quantitative estimate of drug-likeness (QED) is 0.765. The summed E-state index contributed by atoms with van der Waals surface area (Å²) in [6.45, 7) is 3.05. The summed E-state index contributed by atoms with van der Waals surface area (Å²) in [7, 11) is 0. The van der Waals surface area contributed by atoms with Crippen LogP contribution in [-0.2, 0) is 0 Å². The van der Waals surface area contributed by atoms with Gasteiger partial charge in [-0.15, -0.1) is 0 Å². The highest BCUT2D eigenvalue weighted by molar-refractivity contribution is 6.30. The molecule has 0 radical (unpaired) electrons. The fourth-order valence-electron chi connectivity index (χ4n) is 1.51. The van der Waals surface area contributed by atoms with Crippen molar-refractivity contribution in [2.45, 2.75) is 32.2 Å². The third-order valence-electron chi connectivity index (χ3n) is 2.46. The van der Waals surface area contributed by atoms with Gasteiger partial charge in [-0.05, 0) is 30.7 Å². The van der Waals surface area contributed by atoms with Crippen LogP contribution >= 0.6 is 11.6 Å². The van der Waals surface area contributed by atoms with Crippen LogP contribution in [0.15, 0.2) is 24.3 Å². The lowest BCUT2D eigenvalue weighted by atomic mass is 10.1. The van der Waals surface area contributed by atoms with E-state index in [0.717, 1.165) is 18.5 Å². The van der Waals surface area contributed by atoms with E-state index in [9.17, 15) is 0 Å². The van der Waals surface area contributed by atoms with Gasteiger partial charge in [-0.25, -0.2) is 0 Å². The molecule has 86 valence electrons. The van der Waals surface area contributed by atoms with Crippen molar-refractivity contribution in [3.8, 4) is 6.07 Å². The Labute approximate surface area is 102 Å². The van der Waals surface area contributed by atoms with E-state index in [1.807, 2.05) is 24.3 Å². The van der Waals surface area contributed by atoms with Gasteiger partial charge in [0.2, 0.25) is 0 Å². The van der Waals surface area contributed by atoms with Crippen molar-refractivity contribution in [2.75, 3.05) is 6.54 Å². The molecule has 0 heterocycles. The first-order valence-corrected chi connectivity index (χ1v) is 6.04. The molecule has 2 nitrogen and oxygen atoms in total. The van der Waals surface area contributed by atoms with Gasteiger partial charge < -0.3 is 0 Å². The second-order valence-electron chi connectivity index (χ2n) is 3.77. The Bertz CT molecular complexity index is 340. The monoisotopic (exact) mass is 236 g/mol. The van der Waals surface area contributed by atoms with E-state index in [0.29, 0.717) is 5.02 Å². The third-order valence-corrected chi connectivity index (χ3v) is 2.71. The molecule has 3 heteroatoms. The first kappa shape index (κ1) is 13.0. The van der Waals surface area contributed by atoms with Crippen molar-refractivity contribution in [1.82, 2.24) is 5.32 Å². The van der Waals surface area contributed by atoms with Crippen LogP contribution in [0.1, 0.15) is 37.8 Å². The van der Waals surface area contributed by atoms with Gasteiger partial charge in [0, 0.05) is 5.02 Å². The summed E-state index contributed by atoms with van der Waals surface area (Å²) in [6, 6.07) is 9.45. The molecule has 1 aromatic carbocycles. The van der Waals surface area contributed by atoms with Crippen molar-refractivity contribution < 1.29 is 0 Å². The molecule has 0 saturated heterocycles. The molecule has 0 aliphatic carbocycles. The highest BCUT2D eigenvalue weighted by Crippen LogP contribution is 2.15. The van der Waals surface area contributed by atoms with Gasteiger partial charge in [0.05, 0.1) is 6.07 Å². The number of rotatable bonds is 6. The summed E-state index contributed by atoms with van der Waals surface area (Å²) in [6.07, 6.45) is 3.51. The predicted octanol–water partition coefficient (Wildman–Crippen LogP) is 3.68. The van der Waals surface area contributed by atoms with Crippen molar-refractivity contribution in [1.29, 1.82) is 5.26 Å². The van der Waals surface area contributed by atoms with E-state index in [2.05, 4.69) is 18.3 Å². The largest absolute Gasteiger partial charge is 0.298 e. The number of halogens is 1. The smallest absolute Gasteiger partial charge is 0.121 e. The minimum Gasteiger partial charge on any atom is -0.298 e. The van der Waals surface area contributed by atoms with E-state index >= 15 is 0 Å². The molecule has 0 amide bonds. The molecule has 0 aliphatic heterocycles. The fourth-order valence-corrected chi connectivity index (χ4v) is 1.64. The predicted molar refractivity (Wildman–Crippen MR) is 67.3 cm³/mol. The lowest BCUT2D eigenvalue weighted by molar-refractivity contribution is 0.581. The second kappa shape index (κ2) is 7.27. The SMILES string of the molecule is CCCCCNC(C#N)c1ccc(Cl)cc1. The van der Waals surface area contributed by atoms with Gasteiger partial charge in [-0.1, -0.05) is 43.5 Å². The van der Waals surface area contributed by atoms with Crippen LogP contribution in [0.25, 0.3) is 0 Å². The van der Waals surface area contributed by atoms with E-state index in [1.165, 1.54) is 12.8 Å². The van der Waals surface area contributed by atoms with Gasteiger partial charge in [0.25, 0.3) is 0 Å². The molecule has 0 bridgehead atoms. The fraction of sp³-hybridized carbons (Fsp3) is 0.462. The summed E-state index contributed by atoms with van der Waals surface area (Å²) in [5, 5.41) is 13.0. The number of unbranched alkanes of at least 4 members (excludes halogenated alkanes) is 2. The van der Waals surface area contributed by atoms with E-state index in [4.69, 9.17) is 16.9 Å². The van der Waals surface area contributed by atoms with E-state index in [-0.39, 0.29) is 6.04 Å². The third kappa shape index (κ3) is 4.22. The molecule has 1 rings (SSSR count). The highest BCUT2D eigenvalue weighted by Gasteiger charge is 2.08. The highest BCUT2D eigenvalue weighted by atomic mass is 35.5. The number of benzene rings is 1. The maximum atomic E-state index is 9.06. The zero-order valence-electron chi connectivity index (χ0n) is 9.54. The second-order valence-corrected chi connectivity index (χ2v) is 4.21. The van der Waals surface area contributed by atoms with Crippen molar-refractivity contribution in [3.63, 3.8) is 0 Å². The first-order valence-electron chi connectivity index (χ1n) is 5.66. The summed E-state index contributed by atoms with van der Waals surface area (Å²) in [5.74, 6) is 0. The minimum atomic E-state index is -0.228. The maximum Gasteiger partial charge on any atom is 0.121 e. The van der Waals surface area contributed by atoms with Gasteiger partial charge >= 0.3 is 0 Å². The van der Waals surface area contributed by atoms with Gasteiger partial charge in [-0.2, -0.15) is 5.26 Å². The average molecular weight is 237 g/mol. The minimum absolute atomic E-state index is 0.228. The van der Waals surface area contributed by atoms with Crippen LogP contribution in [0, 0.1) is 11.3 Å². The van der Waals surface area contributed by atoms with Crippen molar-refractivity contribution >= 4 is 11.6 Å². The van der Waals surface area contributed by atoms with Crippen LogP contribution in [-0.4, -0.2) is 6.54 Å². The molecule has 1 atom stereocenters. The Morgan fingerprint density at radius 2 is 2.00 bits per heavy atom. The number of nitriles is 1. The Hall–Kier alpha value is -1.04. The van der Waals surface area contributed by atoms with Crippen LogP contribution in [0.5, 0.6) is 0 Å². The Morgan fingerprint density at radius 1 is 1.31 bits per heavy atom. The molecule has 1 aromatic rings. The zero-order chi connectivity index (χ0) is 11.8. The summed E-state index contributed by atoms with van der Waals surface area (Å²) in [5.41, 5.74) is 0.975. The average Bonchev–Trinajstić information content (AvgIpc) is 2.31. The van der Waals surface area contributed by atoms with Crippen LogP contribution in [0.2, 0.25) is 5.02 Å². The summed E-state index contributed by atoms with van der Waals surface area (Å²) in [4.78, 5) is 0. The number of nitrogens with zero attached hydrogens (tertiary/aromatic N) is 1. The summed E-state index contributed by atoms with van der Waals surface area (Å²) < 4.78 is 0. The van der Waals surface area contributed by atoms with E-state index in [1.54, 1.807) is 0 Å². The molecular formula is C13H17ClN2. The lowest BCUT2D eigenvalue weighted by Gasteiger charge is -2.11. The van der Waals surface area contributed by atoms with Crippen molar-refractivity contribution in [3.05, 3.63) is 34.9 Å². The van der Waals surface area contributed by atoms with Gasteiger partial charge in [0.15, 0.2) is 0 Å². The summed E-state index contributed by atoms with van der Waals surface area (Å²) >= 11 is 5.80. The molecule has 0 fully saturated rings. The lowest BCUT2D eigenvalue weighted by Crippen LogP contribution is -2.21. The molecule has 0 spiro atoms. The Kier molecular flexibility index (Phi) is 5.92. The molecule has 0 aromatic heterocycles. The molecule has 0 saturated carbocycles. The Balaban J connectivity index is 2.48. The topological polar surface area (TPSA) is 35.8 Å². The van der Waals surface area contributed by atoms with Crippen LogP contribution < -0.4 is 5.32 Å². The van der Waals surface area contributed by atoms with E-state index < -0.39 is 0 Å². The molecule has 16 heavy (non-hydrogen) atoms. The number of hydrogen-bond acceptors (Lipinski definition) is 2. The van der Waals surface area contributed by atoms with Gasteiger partial charge in [-0.3, -0.25) is 5.32 Å².